The minimum atomic E-state index is -0.363. The van der Waals surface area contributed by atoms with Gasteiger partial charge >= 0.3 is 0 Å². The molecule has 11 rings (SSSR count). The van der Waals surface area contributed by atoms with E-state index in [1.54, 1.807) is 0 Å². The molecule has 3 aliphatic rings. The molecule has 2 aromatic heterocycles. The van der Waals surface area contributed by atoms with Gasteiger partial charge in [0.25, 0.3) is 0 Å². The molecule has 0 radical (unpaired) electrons. The first-order chi connectivity index (χ1) is 24.8. The zero-order valence-corrected chi connectivity index (χ0v) is 27.7. The Hall–Kier alpha value is -6.19. The number of hydrogen-bond donors (Lipinski definition) is 0. The molecule has 2 heterocycles. The molecule has 0 atom stereocenters. The largest absolute Gasteiger partial charge is 0.455 e. The van der Waals surface area contributed by atoms with E-state index in [9.17, 15) is 0 Å². The summed E-state index contributed by atoms with van der Waals surface area (Å²) >= 11 is 0. The Balaban J connectivity index is 1.11. The Labute approximate surface area is 290 Å². The van der Waals surface area contributed by atoms with E-state index in [4.69, 9.17) is 9.40 Å². The highest BCUT2D eigenvalue weighted by molar-refractivity contribution is 6.06. The molecule has 8 aromatic rings. The van der Waals surface area contributed by atoms with Crippen molar-refractivity contribution in [1.82, 2.24) is 9.55 Å². The maximum absolute atomic E-state index is 7.17. The minimum Gasteiger partial charge on any atom is -0.455 e. The molecule has 0 amide bonds. The lowest BCUT2D eigenvalue weighted by Crippen LogP contribution is -2.27. The van der Waals surface area contributed by atoms with Crippen LogP contribution in [0.1, 0.15) is 46.9 Å². The maximum atomic E-state index is 7.17. The molecule has 0 fully saturated rings. The molecule has 6 aromatic carbocycles. The van der Waals surface area contributed by atoms with E-state index in [2.05, 4.69) is 163 Å². The number of rotatable bonds is 3. The van der Waals surface area contributed by atoms with Crippen molar-refractivity contribution in [2.75, 3.05) is 0 Å². The van der Waals surface area contributed by atoms with E-state index >= 15 is 0 Å². The lowest BCUT2D eigenvalue weighted by molar-refractivity contribution is 0.599. The molecule has 3 aliphatic carbocycles. The number of benzene rings is 6. The zero-order chi connectivity index (χ0) is 33.0. The second kappa shape index (κ2) is 10.2. The van der Waals surface area contributed by atoms with Gasteiger partial charge in [-0.1, -0.05) is 140 Å². The van der Waals surface area contributed by atoms with Gasteiger partial charge in [-0.2, -0.15) is 0 Å². The molecule has 1 spiro atoms. The second-order valence-electron chi connectivity index (χ2n) is 13.6. The van der Waals surface area contributed by atoms with Gasteiger partial charge in [-0.15, -0.1) is 0 Å². The second-order valence-corrected chi connectivity index (χ2v) is 13.6. The number of hydrogen-bond acceptors (Lipinski definition) is 2. The summed E-state index contributed by atoms with van der Waals surface area (Å²) in [5, 5.41) is 1.14. The van der Waals surface area contributed by atoms with Crippen LogP contribution in [0.15, 0.2) is 156 Å². The average molecular weight is 641 g/mol. The monoisotopic (exact) mass is 640 g/mol. The highest BCUT2D eigenvalue weighted by Gasteiger charge is 2.53. The first-order valence-electron chi connectivity index (χ1n) is 17.6. The molecule has 236 valence electrons. The fourth-order valence-corrected chi connectivity index (χ4v) is 9.33. The summed E-state index contributed by atoms with van der Waals surface area (Å²) in [6, 6.07) is 50.8. The molecule has 0 N–H and O–H groups in total. The van der Waals surface area contributed by atoms with Gasteiger partial charge < -0.3 is 8.98 Å². The molecular formula is C47H32N2O. The van der Waals surface area contributed by atoms with Crippen LogP contribution in [0, 0.1) is 0 Å². The van der Waals surface area contributed by atoms with Crippen molar-refractivity contribution in [1.29, 1.82) is 0 Å². The summed E-state index contributed by atoms with van der Waals surface area (Å²) in [7, 11) is 0. The summed E-state index contributed by atoms with van der Waals surface area (Å²) in [5.41, 5.74) is 17.9. The molecule has 0 saturated heterocycles. The van der Waals surface area contributed by atoms with Crippen molar-refractivity contribution in [3.8, 4) is 33.6 Å². The van der Waals surface area contributed by atoms with Crippen molar-refractivity contribution in [3.05, 3.63) is 185 Å². The molecule has 50 heavy (non-hydrogen) atoms. The Morgan fingerprint density at radius 3 is 2.00 bits per heavy atom. The number of para-hydroxylation sites is 3. The van der Waals surface area contributed by atoms with Gasteiger partial charge in [0.05, 0.1) is 16.4 Å². The third-order valence-corrected chi connectivity index (χ3v) is 11.3. The van der Waals surface area contributed by atoms with Crippen LogP contribution in [-0.4, -0.2) is 9.55 Å². The number of furan rings is 1. The number of imidazole rings is 1. The van der Waals surface area contributed by atoms with Crippen LogP contribution in [0.3, 0.4) is 0 Å². The van der Waals surface area contributed by atoms with E-state index in [1.807, 2.05) is 0 Å². The van der Waals surface area contributed by atoms with Crippen molar-refractivity contribution in [3.63, 3.8) is 0 Å². The van der Waals surface area contributed by atoms with Gasteiger partial charge in [0, 0.05) is 34.2 Å². The molecule has 3 nitrogen and oxygen atoms in total. The van der Waals surface area contributed by atoms with Crippen molar-refractivity contribution in [2.24, 2.45) is 0 Å². The number of aromatic nitrogens is 2. The van der Waals surface area contributed by atoms with Crippen LogP contribution >= 0.6 is 0 Å². The number of nitrogens with zero attached hydrogens (tertiary/aromatic N) is 2. The fraction of sp³-hybridized carbons (Fsp3) is 0.0851. The van der Waals surface area contributed by atoms with Gasteiger partial charge in [-0.25, -0.2) is 4.98 Å². The summed E-state index contributed by atoms with van der Waals surface area (Å²) in [6.45, 7) is 3.04. The number of fused-ring (bicyclic) bond motifs is 14. The predicted molar refractivity (Wildman–Crippen MR) is 204 cm³/mol. The fourth-order valence-electron chi connectivity index (χ4n) is 9.33. The normalized spacial score (nSPS) is 14.9. The third-order valence-electron chi connectivity index (χ3n) is 11.3. The Morgan fingerprint density at radius 2 is 1.26 bits per heavy atom. The van der Waals surface area contributed by atoms with E-state index in [0.29, 0.717) is 0 Å². The lowest BCUT2D eigenvalue weighted by atomic mass is 9.69. The molecule has 0 aliphatic heterocycles. The van der Waals surface area contributed by atoms with Crippen LogP contribution in [0.2, 0.25) is 0 Å². The van der Waals surface area contributed by atoms with Gasteiger partial charge in [-0.05, 0) is 70.0 Å². The standard InChI is InChI=1S/C47H32N2O/c1-2-49-42-24-10-9-23-41(42)48-46(49)30-27-25-29(26-28-30)31-16-11-17-34-35-18-12-22-40-43(45(35)50-44(31)34)36-15-5-8-21-39(36)47(40)37-19-6-3-13-32(37)33-14-4-7-20-38(33)47/h3-21,23-28H,2,22H2,1H3. The Morgan fingerprint density at radius 1 is 0.640 bits per heavy atom. The molecule has 0 saturated carbocycles. The Kier molecular flexibility index (Phi) is 5.64. The molecule has 0 bridgehead atoms. The van der Waals surface area contributed by atoms with Gasteiger partial charge in [0.15, 0.2) is 0 Å². The van der Waals surface area contributed by atoms with Crippen LogP contribution in [-0.2, 0) is 12.0 Å². The summed E-state index contributed by atoms with van der Waals surface area (Å²) in [5.74, 6) is 1.97. The average Bonchev–Trinajstić information content (AvgIpc) is 3.86. The zero-order valence-electron chi connectivity index (χ0n) is 27.7. The van der Waals surface area contributed by atoms with E-state index in [-0.39, 0.29) is 5.41 Å². The third kappa shape index (κ3) is 3.46. The van der Waals surface area contributed by atoms with Gasteiger partial charge in [-0.3, -0.25) is 0 Å². The number of allylic oxidation sites excluding steroid dienone is 2. The van der Waals surface area contributed by atoms with Crippen LogP contribution in [0.5, 0.6) is 0 Å². The predicted octanol–water partition coefficient (Wildman–Crippen LogP) is 11.7. The molecule has 0 unspecified atom stereocenters. The lowest BCUT2D eigenvalue weighted by Gasteiger charge is -2.32. The van der Waals surface area contributed by atoms with Crippen LogP contribution in [0.25, 0.3) is 67.3 Å². The highest BCUT2D eigenvalue weighted by atomic mass is 16.3. The van der Waals surface area contributed by atoms with E-state index < -0.39 is 0 Å². The van der Waals surface area contributed by atoms with Crippen molar-refractivity contribution >= 4 is 33.7 Å². The maximum Gasteiger partial charge on any atom is 0.143 e. The van der Waals surface area contributed by atoms with Crippen LogP contribution < -0.4 is 0 Å². The topological polar surface area (TPSA) is 31.0 Å². The van der Waals surface area contributed by atoms with Crippen molar-refractivity contribution in [2.45, 2.75) is 25.3 Å². The summed E-state index contributed by atoms with van der Waals surface area (Å²) in [4.78, 5) is 5.00. The first-order valence-corrected chi connectivity index (χ1v) is 17.6. The van der Waals surface area contributed by atoms with Crippen LogP contribution in [0.4, 0.5) is 0 Å². The highest BCUT2D eigenvalue weighted by Crippen LogP contribution is 2.64. The minimum absolute atomic E-state index is 0.363. The smallest absolute Gasteiger partial charge is 0.143 e. The van der Waals surface area contributed by atoms with Gasteiger partial charge in [0.1, 0.15) is 17.2 Å². The first kappa shape index (κ1) is 27.7. The van der Waals surface area contributed by atoms with Crippen molar-refractivity contribution < 1.29 is 4.42 Å². The van der Waals surface area contributed by atoms with E-state index in [1.165, 1.54) is 44.5 Å². The summed E-state index contributed by atoms with van der Waals surface area (Å²) < 4.78 is 9.46. The Bertz CT molecular complexity index is 2720. The number of aryl methyl sites for hydroxylation is 1. The molecule has 3 heteroatoms. The quantitative estimate of drug-likeness (QED) is 0.192. The van der Waals surface area contributed by atoms with Gasteiger partial charge in [0.2, 0.25) is 0 Å². The SMILES string of the molecule is CCn1c(-c2ccc(-c3cccc4c5c(oc34)C3=C(CC=C5)C4(c5ccccc53)c3ccccc3-c3ccccc34)cc2)nc2ccccc21. The van der Waals surface area contributed by atoms with E-state index in [0.717, 1.165) is 68.8 Å². The molecular weight excluding hydrogens is 609 g/mol. The summed E-state index contributed by atoms with van der Waals surface area (Å²) in [6.07, 6.45) is 5.50.